The summed E-state index contributed by atoms with van der Waals surface area (Å²) in [6.07, 6.45) is 1.87. The first-order valence-electron chi connectivity index (χ1n) is 13.1. The average molecular weight is 500 g/mol. The SMILES string of the molecule is CC(C)(C)[C](Cn1nccc1NC(c1ccccc1)(c1ccccc1)c1ccccc1)c1ccc(N)cc1. The van der Waals surface area contributed by atoms with E-state index in [1.807, 2.05) is 18.3 Å². The maximum absolute atomic E-state index is 5.99. The third-order valence-corrected chi connectivity index (χ3v) is 7.12. The Morgan fingerprint density at radius 2 is 1.16 bits per heavy atom. The van der Waals surface area contributed by atoms with Gasteiger partial charge >= 0.3 is 0 Å². The molecule has 0 aliphatic heterocycles. The van der Waals surface area contributed by atoms with Crippen molar-refractivity contribution in [1.29, 1.82) is 0 Å². The molecule has 3 N–H and O–H groups in total. The second-order valence-corrected chi connectivity index (χ2v) is 10.7. The highest BCUT2D eigenvalue weighted by Gasteiger charge is 2.37. The Balaban J connectivity index is 1.63. The van der Waals surface area contributed by atoms with E-state index in [0.717, 1.165) is 28.2 Å². The minimum atomic E-state index is -0.620. The van der Waals surface area contributed by atoms with E-state index in [4.69, 9.17) is 10.8 Å². The molecule has 0 spiro atoms. The summed E-state index contributed by atoms with van der Waals surface area (Å²) in [5.41, 5.74) is 10.7. The molecule has 0 saturated carbocycles. The standard InChI is InChI=1S/C34H35N4/c1-33(2,3)31(26-19-21-30(35)22-20-26)25-38-32(23-24-36-38)37-34(27-13-7-4-8-14-27,28-15-9-5-10-16-28)29-17-11-6-12-18-29/h4-24,37H,25,35H2,1-3H3. The Morgan fingerprint density at radius 3 is 1.61 bits per heavy atom. The highest BCUT2D eigenvalue weighted by Crippen LogP contribution is 2.41. The maximum Gasteiger partial charge on any atom is 0.125 e. The molecule has 0 amide bonds. The monoisotopic (exact) mass is 499 g/mol. The van der Waals surface area contributed by atoms with Crippen LogP contribution in [0.2, 0.25) is 0 Å². The molecule has 4 aromatic carbocycles. The molecule has 1 aromatic heterocycles. The molecular formula is C34H35N4. The van der Waals surface area contributed by atoms with E-state index in [-0.39, 0.29) is 5.41 Å². The van der Waals surface area contributed by atoms with Crippen LogP contribution < -0.4 is 11.1 Å². The van der Waals surface area contributed by atoms with Crippen LogP contribution in [0.15, 0.2) is 128 Å². The second-order valence-electron chi connectivity index (χ2n) is 10.7. The van der Waals surface area contributed by atoms with Gasteiger partial charge in [-0.3, -0.25) is 0 Å². The second kappa shape index (κ2) is 10.6. The summed E-state index contributed by atoms with van der Waals surface area (Å²) in [6, 6.07) is 42.1. The average Bonchev–Trinajstić information content (AvgIpc) is 3.38. The predicted octanol–water partition coefficient (Wildman–Crippen LogP) is 7.54. The van der Waals surface area contributed by atoms with Gasteiger partial charge in [0.05, 0.1) is 12.7 Å². The molecule has 0 bridgehead atoms. The number of hydrogen-bond donors (Lipinski definition) is 2. The van der Waals surface area contributed by atoms with Crippen LogP contribution in [0.3, 0.4) is 0 Å². The van der Waals surface area contributed by atoms with Crippen LogP contribution >= 0.6 is 0 Å². The first kappa shape index (κ1) is 25.3. The molecule has 0 aliphatic rings. The first-order valence-corrected chi connectivity index (χ1v) is 13.1. The van der Waals surface area contributed by atoms with Gasteiger partial charge in [-0.15, -0.1) is 0 Å². The lowest BCUT2D eigenvalue weighted by molar-refractivity contribution is 0.401. The summed E-state index contributed by atoms with van der Waals surface area (Å²) < 4.78 is 2.07. The topological polar surface area (TPSA) is 55.9 Å². The van der Waals surface area contributed by atoms with Crippen molar-refractivity contribution in [3.63, 3.8) is 0 Å². The summed E-state index contributed by atoms with van der Waals surface area (Å²) >= 11 is 0. The molecule has 1 heterocycles. The summed E-state index contributed by atoms with van der Waals surface area (Å²) in [4.78, 5) is 0. The molecule has 4 nitrogen and oxygen atoms in total. The zero-order chi connectivity index (χ0) is 26.6. The summed E-state index contributed by atoms with van der Waals surface area (Å²) in [5, 5.41) is 8.76. The van der Waals surface area contributed by atoms with Crippen LogP contribution in [0, 0.1) is 11.3 Å². The van der Waals surface area contributed by atoms with Gasteiger partial charge in [0.2, 0.25) is 0 Å². The van der Waals surface area contributed by atoms with Crippen molar-refractivity contribution in [3.05, 3.63) is 156 Å². The van der Waals surface area contributed by atoms with Crippen LogP contribution in [0.25, 0.3) is 0 Å². The van der Waals surface area contributed by atoms with Crippen LogP contribution in [0.1, 0.15) is 43.0 Å². The van der Waals surface area contributed by atoms with Crippen LogP contribution in [0.4, 0.5) is 11.5 Å². The lowest BCUT2D eigenvalue weighted by Gasteiger charge is -2.38. The van der Waals surface area contributed by atoms with Crippen LogP contribution in [0.5, 0.6) is 0 Å². The molecule has 4 heteroatoms. The van der Waals surface area contributed by atoms with Gasteiger partial charge in [-0.05, 0) is 39.8 Å². The number of nitrogen functional groups attached to an aromatic ring is 1. The Morgan fingerprint density at radius 1 is 0.684 bits per heavy atom. The number of rotatable bonds is 8. The van der Waals surface area contributed by atoms with Crippen molar-refractivity contribution in [2.24, 2.45) is 5.41 Å². The molecule has 1 radical (unpaired) electrons. The quantitative estimate of drug-likeness (QED) is 0.171. The molecule has 0 unspecified atom stereocenters. The minimum Gasteiger partial charge on any atom is -0.399 e. The van der Waals surface area contributed by atoms with Gasteiger partial charge in [0.1, 0.15) is 11.4 Å². The Labute approximate surface area is 226 Å². The Bertz CT molecular complexity index is 1340. The predicted molar refractivity (Wildman–Crippen MR) is 158 cm³/mol. The molecule has 38 heavy (non-hydrogen) atoms. The van der Waals surface area contributed by atoms with Gasteiger partial charge < -0.3 is 11.1 Å². The highest BCUT2D eigenvalue weighted by molar-refractivity contribution is 5.58. The van der Waals surface area contributed by atoms with E-state index in [0.29, 0.717) is 6.54 Å². The fraction of sp³-hybridized carbons (Fsp3) is 0.176. The van der Waals surface area contributed by atoms with E-state index in [9.17, 15) is 0 Å². The van der Waals surface area contributed by atoms with Crippen molar-refractivity contribution in [1.82, 2.24) is 9.78 Å². The van der Waals surface area contributed by atoms with E-state index >= 15 is 0 Å². The van der Waals surface area contributed by atoms with E-state index in [1.54, 1.807) is 0 Å². The normalized spacial score (nSPS) is 12.0. The third-order valence-electron chi connectivity index (χ3n) is 7.12. The number of nitrogens with two attached hydrogens (primary N) is 1. The van der Waals surface area contributed by atoms with Gasteiger partial charge in [-0.2, -0.15) is 5.10 Å². The largest absolute Gasteiger partial charge is 0.399 e. The molecule has 191 valence electrons. The maximum atomic E-state index is 5.99. The lowest BCUT2D eigenvalue weighted by atomic mass is 9.76. The van der Waals surface area contributed by atoms with Gasteiger partial charge in [-0.25, -0.2) is 4.68 Å². The fourth-order valence-corrected chi connectivity index (χ4v) is 5.13. The number of hydrogen-bond acceptors (Lipinski definition) is 3. The molecule has 5 rings (SSSR count). The number of anilines is 2. The number of benzene rings is 4. The number of nitrogens with zero attached hydrogens (tertiary/aromatic N) is 2. The highest BCUT2D eigenvalue weighted by atomic mass is 15.3. The van der Waals surface area contributed by atoms with Gasteiger partial charge in [0.25, 0.3) is 0 Å². The Hall–Kier alpha value is -4.31. The summed E-state index contributed by atoms with van der Waals surface area (Å²) in [5.74, 6) is 2.23. The molecular weight excluding hydrogens is 464 g/mol. The van der Waals surface area contributed by atoms with E-state index < -0.39 is 5.54 Å². The van der Waals surface area contributed by atoms with E-state index in [2.05, 4.69) is 140 Å². The molecule has 0 fully saturated rings. The van der Waals surface area contributed by atoms with Crippen molar-refractivity contribution in [2.45, 2.75) is 32.9 Å². The van der Waals surface area contributed by atoms with Crippen LogP contribution in [-0.4, -0.2) is 9.78 Å². The van der Waals surface area contributed by atoms with Crippen molar-refractivity contribution in [3.8, 4) is 0 Å². The summed E-state index contributed by atoms with van der Waals surface area (Å²) in [6.45, 7) is 7.39. The molecule has 0 saturated heterocycles. The van der Waals surface area contributed by atoms with Gasteiger partial charge in [0, 0.05) is 17.7 Å². The Kier molecular flexibility index (Phi) is 7.06. The molecule has 0 atom stereocenters. The smallest absolute Gasteiger partial charge is 0.125 e. The number of nitrogens with one attached hydrogen (secondary N) is 1. The zero-order valence-electron chi connectivity index (χ0n) is 22.3. The minimum absolute atomic E-state index is 0.0608. The molecule has 5 aromatic rings. The van der Waals surface area contributed by atoms with Gasteiger partial charge in [-0.1, -0.05) is 124 Å². The fourth-order valence-electron chi connectivity index (χ4n) is 5.13. The summed E-state index contributed by atoms with van der Waals surface area (Å²) in [7, 11) is 0. The molecule has 0 aliphatic carbocycles. The zero-order valence-corrected chi connectivity index (χ0v) is 22.3. The van der Waals surface area contributed by atoms with E-state index in [1.165, 1.54) is 11.5 Å². The van der Waals surface area contributed by atoms with Crippen molar-refractivity contribution >= 4 is 11.5 Å². The van der Waals surface area contributed by atoms with Gasteiger partial charge in [0.15, 0.2) is 0 Å². The van der Waals surface area contributed by atoms with Crippen molar-refractivity contribution in [2.75, 3.05) is 11.1 Å². The van der Waals surface area contributed by atoms with Crippen molar-refractivity contribution < 1.29 is 0 Å². The first-order chi connectivity index (χ1) is 18.4. The number of aromatic nitrogens is 2. The van der Waals surface area contributed by atoms with Crippen LogP contribution in [-0.2, 0) is 12.1 Å². The lowest BCUT2D eigenvalue weighted by Crippen LogP contribution is -2.39. The third kappa shape index (κ3) is 5.08.